The smallest absolute Gasteiger partial charge is 0.223 e. The third kappa shape index (κ3) is 5.40. The van der Waals surface area contributed by atoms with Gasteiger partial charge in [-0.2, -0.15) is 0 Å². The molecule has 1 amide bonds. The van der Waals surface area contributed by atoms with Gasteiger partial charge in [-0.05, 0) is 38.3 Å². The molecule has 162 valence electrons. The number of rotatable bonds is 7. The highest BCUT2D eigenvalue weighted by atomic mass is 32.2. The van der Waals surface area contributed by atoms with Crippen molar-refractivity contribution in [1.29, 1.82) is 0 Å². The number of carbonyl (C=O) groups excluding carboxylic acids is 1. The van der Waals surface area contributed by atoms with Crippen LogP contribution < -0.4 is 10.1 Å². The van der Waals surface area contributed by atoms with Gasteiger partial charge >= 0.3 is 0 Å². The van der Waals surface area contributed by atoms with Gasteiger partial charge in [0, 0.05) is 24.6 Å². The first kappa shape index (κ1) is 22.3. The summed E-state index contributed by atoms with van der Waals surface area (Å²) in [6.45, 7) is 4.64. The van der Waals surface area contributed by atoms with Gasteiger partial charge in [0.05, 0.1) is 18.9 Å². The lowest BCUT2D eigenvalue weighted by atomic mass is 9.96. The molecule has 0 spiro atoms. The lowest BCUT2D eigenvalue weighted by Crippen LogP contribution is -2.43. The fraction of sp³-hybridized carbons (Fsp3) is 0.435. The SMILES string of the molecule is COc1ccccc1[C@H](C)NC(=O)C1CCN(S(=O)(=O)Cc2ccc(C)cc2)CC1. The summed E-state index contributed by atoms with van der Waals surface area (Å²) in [6.07, 6.45) is 1.05. The third-order valence-corrected chi connectivity index (χ3v) is 7.50. The molecule has 7 heteroatoms. The molecule has 2 aromatic carbocycles. The summed E-state index contributed by atoms with van der Waals surface area (Å²) in [4.78, 5) is 12.7. The summed E-state index contributed by atoms with van der Waals surface area (Å²) in [7, 11) is -1.78. The summed E-state index contributed by atoms with van der Waals surface area (Å²) < 4.78 is 32.4. The van der Waals surface area contributed by atoms with E-state index in [2.05, 4.69) is 5.32 Å². The number of hydrogen-bond donors (Lipinski definition) is 1. The van der Waals surface area contributed by atoms with Crippen LogP contribution in [0.3, 0.4) is 0 Å². The van der Waals surface area contributed by atoms with Crippen LogP contribution in [0.25, 0.3) is 0 Å². The van der Waals surface area contributed by atoms with Gasteiger partial charge in [-0.15, -0.1) is 0 Å². The van der Waals surface area contributed by atoms with Crippen LogP contribution in [-0.4, -0.2) is 38.8 Å². The number of nitrogens with one attached hydrogen (secondary N) is 1. The maximum Gasteiger partial charge on any atom is 0.223 e. The quantitative estimate of drug-likeness (QED) is 0.730. The molecular formula is C23H30N2O4S. The van der Waals surface area contributed by atoms with E-state index >= 15 is 0 Å². The Bertz CT molecular complexity index is 965. The van der Waals surface area contributed by atoms with Crippen molar-refractivity contribution in [3.63, 3.8) is 0 Å². The molecule has 1 atom stereocenters. The number of piperidine rings is 1. The van der Waals surface area contributed by atoms with Crippen molar-refractivity contribution < 1.29 is 17.9 Å². The number of hydrogen-bond acceptors (Lipinski definition) is 4. The van der Waals surface area contributed by atoms with Gasteiger partial charge in [-0.3, -0.25) is 4.79 Å². The number of sulfonamides is 1. The number of carbonyl (C=O) groups is 1. The predicted octanol–water partition coefficient (Wildman–Crippen LogP) is 3.42. The van der Waals surface area contributed by atoms with E-state index in [1.807, 2.05) is 62.4 Å². The summed E-state index contributed by atoms with van der Waals surface area (Å²) in [5, 5.41) is 3.05. The van der Waals surface area contributed by atoms with Crippen molar-refractivity contribution in [3.05, 3.63) is 65.2 Å². The number of methoxy groups -OCH3 is 1. The number of benzene rings is 2. The van der Waals surface area contributed by atoms with E-state index in [1.165, 1.54) is 4.31 Å². The Balaban J connectivity index is 1.55. The van der Waals surface area contributed by atoms with Gasteiger partial charge in [0.2, 0.25) is 15.9 Å². The number of para-hydroxylation sites is 1. The van der Waals surface area contributed by atoms with Crippen molar-refractivity contribution in [2.75, 3.05) is 20.2 Å². The van der Waals surface area contributed by atoms with E-state index in [1.54, 1.807) is 7.11 Å². The Labute approximate surface area is 179 Å². The van der Waals surface area contributed by atoms with Crippen molar-refractivity contribution in [3.8, 4) is 5.75 Å². The topological polar surface area (TPSA) is 75.7 Å². The van der Waals surface area contributed by atoms with Crippen LogP contribution in [0, 0.1) is 12.8 Å². The Morgan fingerprint density at radius 3 is 2.40 bits per heavy atom. The minimum absolute atomic E-state index is 0.00498. The molecule has 0 aromatic heterocycles. The van der Waals surface area contributed by atoms with Crippen molar-refractivity contribution >= 4 is 15.9 Å². The number of nitrogens with zero attached hydrogens (tertiary/aromatic N) is 1. The van der Waals surface area contributed by atoms with Crippen LogP contribution in [0.15, 0.2) is 48.5 Å². The van der Waals surface area contributed by atoms with Gasteiger partial charge in [-0.25, -0.2) is 12.7 Å². The van der Waals surface area contributed by atoms with E-state index in [-0.39, 0.29) is 23.6 Å². The lowest BCUT2D eigenvalue weighted by Gasteiger charge is -2.31. The van der Waals surface area contributed by atoms with Crippen molar-refractivity contribution in [2.24, 2.45) is 5.92 Å². The maximum atomic E-state index is 12.8. The molecule has 3 rings (SSSR count). The monoisotopic (exact) mass is 430 g/mol. The average Bonchev–Trinajstić information content (AvgIpc) is 2.75. The number of amides is 1. The lowest BCUT2D eigenvalue weighted by molar-refractivity contribution is -0.126. The minimum atomic E-state index is -3.39. The van der Waals surface area contributed by atoms with Gasteiger partial charge < -0.3 is 10.1 Å². The number of ether oxygens (including phenoxy) is 1. The maximum absolute atomic E-state index is 12.8. The first-order valence-corrected chi connectivity index (χ1v) is 11.9. The zero-order valence-corrected chi connectivity index (χ0v) is 18.6. The van der Waals surface area contributed by atoms with Crippen LogP contribution >= 0.6 is 0 Å². The van der Waals surface area contributed by atoms with E-state index in [9.17, 15) is 13.2 Å². The molecule has 1 N–H and O–H groups in total. The summed E-state index contributed by atoms with van der Waals surface area (Å²) in [5.41, 5.74) is 2.81. The largest absolute Gasteiger partial charge is 0.496 e. The molecule has 1 saturated heterocycles. The Morgan fingerprint density at radius 1 is 1.13 bits per heavy atom. The molecule has 30 heavy (non-hydrogen) atoms. The molecule has 1 aliphatic rings. The van der Waals surface area contributed by atoms with Crippen molar-refractivity contribution in [2.45, 2.75) is 38.5 Å². The highest BCUT2D eigenvalue weighted by Gasteiger charge is 2.31. The average molecular weight is 431 g/mol. The zero-order valence-electron chi connectivity index (χ0n) is 17.8. The first-order chi connectivity index (χ1) is 14.3. The van der Waals surface area contributed by atoms with Gasteiger partial charge in [-0.1, -0.05) is 48.0 Å². The van der Waals surface area contributed by atoms with Gasteiger partial charge in [0.1, 0.15) is 5.75 Å². The standard InChI is InChI=1S/C23H30N2O4S/c1-17-8-10-19(11-9-17)16-30(27,28)25-14-12-20(13-15-25)23(26)24-18(2)21-6-4-5-7-22(21)29-3/h4-11,18,20H,12-16H2,1-3H3,(H,24,26)/t18-/m0/s1. The Kier molecular flexibility index (Phi) is 7.15. The van der Waals surface area contributed by atoms with Crippen molar-refractivity contribution in [1.82, 2.24) is 9.62 Å². The molecular weight excluding hydrogens is 400 g/mol. The normalized spacial score (nSPS) is 16.8. The molecule has 6 nitrogen and oxygen atoms in total. The third-order valence-electron chi connectivity index (χ3n) is 5.65. The zero-order chi connectivity index (χ0) is 21.7. The molecule has 0 saturated carbocycles. The molecule has 2 aromatic rings. The second kappa shape index (κ2) is 9.62. The fourth-order valence-corrected chi connectivity index (χ4v) is 5.38. The molecule has 1 fully saturated rings. The molecule has 0 bridgehead atoms. The minimum Gasteiger partial charge on any atom is -0.496 e. The van der Waals surface area contributed by atoms with E-state index in [0.29, 0.717) is 25.9 Å². The van der Waals surface area contributed by atoms with Gasteiger partial charge in [0.15, 0.2) is 0 Å². The highest BCUT2D eigenvalue weighted by molar-refractivity contribution is 7.88. The molecule has 0 aliphatic carbocycles. The van der Waals surface area contributed by atoms with Crippen LogP contribution in [0.4, 0.5) is 0 Å². The van der Waals surface area contributed by atoms with Crippen LogP contribution in [0.1, 0.15) is 42.5 Å². The summed E-state index contributed by atoms with van der Waals surface area (Å²) >= 11 is 0. The molecule has 0 radical (unpaired) electrons. The van der Waals surface area contributed by atoms with E-state index in [0.717, 1.165) is 22.4 Å². The van der Waals surface area contributed by atoms with Crippen LogP contribution in [0.2, 0.25) is 0 Å². The molecule has 0 unspecified atom stereocenters. The number of aryl methyl sites for hydroxylation is 1. The Hall–Kier alpha value is -2.38. The highest BCUT2D eigenvalue weighted by Crippen LogP contribution is 2.26. The summed E-state index contributed by atoms with van der Waals surface area (Å²) in [6, 6.07) is 15.0. The Morgan fingerprint density at radius 2 is 1.77 bits per heavy atom. The fourth-order valence-electron chi connectivity index (χ4n) is 3.82. The second-order valence-electron chi connectivity index (χ2n) is 7.89. The second-order valence-corrected chi connectivity index (χ2v) is 9.86. The summed E-state index contributed by atoms with van der Waals surface area (Å²) in [5.74, 6) is 0.508. The van der Waals surface area contributed by atoms with E-state index in [4.69, 9.17) is 4.74 Å². The predicted molar refractivity (Wildman–Crippen MR) is 118 cm³/mol. The molecule has 1 heterocycles. The molecule has 1 aliphatic heterocycles. The first-order valence-electron chi connectivity index (χ1n) is 10.3. The van der Waals surface area contributed by atoms with Crippen LogP contribution in [0.5, 0.6) is 5.75 Å². The van der Waals surface area contributed by atoms with Gasteiger partial charge in [0.25, 0.3) is 0 Å². The van der Waals surface area contributed by atoms with Crippen LogP contribution in [-0.2, 0) is 20.6 Å². The van der Waals surface area contributed by atoms with E-state index < -0.39 is 10.0 Å².